The zero-order chi connectivity index (χ0) is 10.6. The van der Waals surface area contributed by atoms with E-state index in [9.17, 15) is 9.59 Å². The summed E-state index contributed by atoms with van der Waals surface area (Å²) in [5, 5.41) is 2.97. The van der Waals surface area contributed by atoms with Gasteiger partial charge in [0.25, 0.3) is 10.9 Å². The second-order valence-electron chi connectivity index (χ2n) is 3.58. The summed E-state index contributed by atoms with van der Waals surface area (Å²) in [4.78, 5) is 24.3. The van der Waals surface area contributed by atoms with Crippen LogP contribution in [0.3, 0.4) is 0 Å². The Labute approximate surface area is 85.5 Å². The summed E-state index contributed by atoms with van der Waals surface area (Å²) in [5.41, 5.74) is 1.83. The van der Waals surface area contributed by atoms with Gasteiger partial charge >= 0.3 is 0 Å². The van der Waals surface area contributed by atoms with E-state index >= 15 is 0 Å². The largest absolute Gasteiger partial charge is 0.349 e. The van der Waals surface area contributed by atoms with Crippen molar-refractivity contribution in [1.29, 1.82) is 0 Å². The Morgan fingerprint density at radius 2 is 1.87 bits per heavy atom. The highest BCUT2D eigenvalue weighted by Gasteiger charge is 2.30. The van der Waals surface area contributed by atoms with Gasteiger partial charge in [-0.25, -0.2) is 0 Å². The Morgan fingerprint density at radius 1 is 1.13 bits per heavy atom. The van der Waals surface area contributed by atoms with Crippen molar-refractivity contribution < 1.29 is 0 Å². The molecule has 0 radical (unpaired) electrons. The van der Waals surface area contributed by atoms with Gasteiger partial charge < -0.3 is 10.2 Å². The van der Waals surface area contributed by atoms with E-state index in [1.54, 1.807) is 11.9 Å². The highest BCUT2D eigenvalue weighted by Crippen LogP contribution is 2.39. The van der Waals surface area contributed by atoms with Crippen LogP contribution in [0.15, 0.2) is 33.9 Å². The summed E-state index contributed by atoms with van der Waals surface area (Å²) < 4.78 is 0. The van der Waals surface area contributed by atoms with Gasteiger partial charge in [0.1, 0.15) is 11.4 Å². The summed E-state index contributed by atoms with van der Waals surface area (Å²) in [6, 6.07) is 7.57. The topological polar surface area (TPSA) is 49.4 Å². The number of nitrogens with one attached hydrogen (secondary N) is 1. The third-order valence-corrected chi connectivity index (χ3v) is 2.75. The first-order chi connectivity index (χ1) is 7.20. The molecule has 0 bridgehead atoms. The minimum Gasteiger partial charge on any atom is -0.349 e. The lowest BCUT2D eigenvalue weighted by molar-refractivity contribution is 1.13. The molecular formula is C11H8N2O2. The lowest BCUT2D eigenvalue weighted by Crippen LogP contribution is -2.41. The highest BCUT2D eigenvalue weighted by atomic mass is 16.2. The molecule has 4 nitrogen and oxygen atoms in total. The molecular weight excluding hydrogens is 192 g/mol. The molecule has 0 unspecified atom stereocenters. The Hall–Kier alpha value is -2.10. The molecule has 74 valence electrons. The van der Waals surface area contributed by atoms with E-state index in [0.29, 0.717) is 11.4 Å². The van der Waals surface area contributed by atoms with Crippen LogP contribution in [-0.4, -0.2) is 7.05 Å². The monoisotopic (exact) mass is 200 g/mol. The van der Waals surface area contributed by atoms with Crippen molar-refractivity contribution in [1.82, 2.24) is 0 Å². The Kier molecular flexibility index (Phi) is 1.36. The summed E-state index contributed by atoms with van der Waals surface area (Å²) in [7, 11) is 1.79. The van der Waals surface area contributed by atoms with E-state index in [1.165, 1.54) is 0 Å². The minimum atomic E-state index is -0.425. The molecule has 1 N–H and O–H groups in total. The highest BCUT2D eigenvalue weighted by molar-refractivity contribution is 5.93. The molecule has 15 heavy (non-hydrogen) atoms. The van der Waals surface area contributed by atoms with Crippen LogP contribution >= 0.6 is 0 Å². The first-order valence-corrected chi connectivity index (χ1v) is 4.63. The van der Waals surface area contributed by atoms with Crippen LogP contribution in [0.1, 0.15) is 0 Å². The molecule has 1 aliphatic rings. The quantitative estimate of drug-likeness (QED) is 0.647. The summed E-state index contributed by atoms with van der Waals surface area (Å²) in [5.74, 6) is 0. The molecule has 0 aliphatic carbocycles. The zero-order valence-corrected chi connectivity index (χ0v) is 8.07. The van der Waals surface area contributed by atoms with Gasteiger partial charge in [-0.05, 0) is 12.1 Å². The van der Waals surface area contributed by atoms with Gasteiger partial charge in [-0.2, -0.15) is 0 Å². The van der Waals surface area contributed by atoms with Crippen molar-refractivity contribution in [3.05, 3.63) is 44.7 Å². The molecule has 0 atom stereocenters. The van der Waals surface area contributed by atoms with Crippen molar-refractivity contribution in [3.8, 4) is 0 Å². The van der Waals surface area contributed by atoms with Crippen molar-refractivity contribution >= 4 is 22.7 Å². The Morgan fingerprint density at radius 3 is 2.67 bits per heavy atom. The molecule has 2 aromatic rings. The molecule has 2 aromatic carbocycles. The molecule has 1 heterocycles. The summed E-state index contributed by atoms with van der Waals surface area (Å²) in [6.07, 6.45) is 0. The van der Waals surface area contributed by atoms with E-state index in [2.05, 4.69) is 5.32 Å². The first kappa shape index (κ1) is 8.23. The average molecular weight is 200 g/mol. The fourth-order valence-electron chi connectivity index (χ4n) is 1.94. The van der Waals surface area contributed by atoms with Gasteiger partial charge in [0, 0.05) is 7.05 Å². The number of benzene rings is 1. The van der Waals surface area contributed by atoms with Gasteiger partial charge in [-0.15, -0.1) is 0 Å². The van der Waals surface area contributed by atoms with E-state index in [1.807, 2.05) is 24.3 Å². The van der Waals surface area contributed by atoms with Gasteiger partial charge in [-0.1, -0.05) is 12.1 Å². The normalized spacial score (nSPS) is 13.3. The fraction of sp³-hybridized carbons (Fsp3) is 0.0909. The summed E-state index contributed by atoms with van der Waals surface area (Å²) in [6.45, 7) is 0. The van der Waals surface area contributed by atoms with Crippen LogP contribution in [0.25, 0.3) is 0 Å². The molecule has 0 amide bonds. The van der Waals surface area contributed by atoms with Crippen molar-refractivity contribution in [2.24, 2.45) is 0 Å². The van der Waals surface area contributed by atoms with Crippen LogP contribution in [-0.2, 0) is 0 Å². The number of nitrogens with zero attached hydrogens (tertiary/aromatic N) is 1. The SMILES string of the molecule is CN1c2ccccc2Nc2c1c(=O)c2=O. The van der Waals surface area contributed by atoms with E-state index in [-0.39, 0.29) is 0 Å². The van der Waals surface area contributed by atoms with Crippen LogP contribution in [0.2, 0.25) is 0 Å². The third-order valence-electron chi connectivity index (χ3n) is 2.75. The predicted molar refractivity (Wildman–Crippen MR) is 59.1 cm³/mol. The maximum absolute atomic E-state index is 11.3. The molecule has 0 fully saturated rings. The molecule has 0 aromatic heterocycles. The maximum Gasteiger partial charge on any atom is 0.253 e. The second-order valence-corrected chi connectivity index (χ2v) is 3.58. The number of hydrogen-bond donors (Lipinski definition) is 1. The van der Waals surface area contributed by atoms with Gasteiger partial charge in [0.05, 0.1) is 11.4 Å². The van der Waals surface area contributed by atoms with Crippen LogP contribution in [0.5, 0.6) is 0 Å². The molecule has 0 saturated carbocycles. The van der Waals surface area contributed by atoms with Crippen molar-refractivity contribution in [2.45, 2.75) is 0 Å². The minimum absolute atomic E-state index is 0.408. The molecule has 0 spiro atoms. The van der Waals surface area contributed by atoms with Gasteiger partial charge in [-0.3, -0.25) is 9.59 Å². The maximum atomic E-state index is 11.3. The lowest BCUT2D eigenvalue weighted by Gasteiger charge is -2.30. The Balaban J connectivity index is 2.25. The second kappa shape index (κ2) is 2.48. The summed E-state index contributed by atoms with van der Waals surface area (Å²) >= 11 is 0. The van der Waals surface area contributed by atoms with Crippen LogP contribution in [0, 0.1) is 0 Å². The predicted octanol–water partition coefficient (Wildman–Crippen LogP) is 1.11. The zero-order valence-electron chi connectivity index (χ0n) is 8.07. The van der Waals surface area contributed by atoms with Crippen molar-refractivity contribution in [3.63, 3.8) is 0 Å². The van der Waals surface area contributed by atoms with E-state index in [0.717, 1.165) is 11.4 Å². The van der Waals surface area contributed by atoms with Crippen molar-refractivity contribution in [2.75, 3.05) is 17.3 Å². The average Bonchev–Trinajstić information content (AvgIpc) is 2.28. The molecule has 3 rings (SSSR count). The standard InChI is InChI=1S/C11H8N2O2/c1-13-7-5-3-2-4-6(7)12-8-9(13)11(15)10(8)14/h2-5,12H,1H3. The smallest absolute Gasteiger partial charge is 0.253 e. The number of anilines is 4. The molecule has 4 heteroatoms. The van der Waals surface area contributed by atoms with Crippen LogP contribution in [0.4, 0.5) is 22.7 Å². The van der Waals surface area contributed by atoms with Gasteiger partial charge in [0.2, 0.25) is 0 Å². The third kappa shape index (κ3) is 0.857. The number of rotatable bonds is 0. The number of hydrogen-bond acceptors (Lipinski definition) is 4. The van der Waals surface area contributed by atoms with Gasteiger partial charge in [0.15, 0.2) is 0 Å². The number of para-hydroxylation sites is 2. The Bertz CT molecular complexity index is 624. The van der Waals surface area contributed by atoms with E-state index < -0.39 is 10.9 Å². The van der Waals surface area contributed by atoms with Crippen LogP contribution < -0.4 is 21.1 Å². The molecule has 0 saturated heterocycles. The molecule has 1 aliphatic heterocycles. The lowest BCUT2D eigenvalue weighted by atomic mass is 10.1. The van der Waals surface area contributed by atoms with E-state index in [4.69, 9.17) is 0 Å². The first-order valence-electron chi connectivity index (χ1n) is 4.63. The number of fused-ring (bicyclic) bond motifs is 2. The fourth-order valence-corrected chi connectivity index (χ4v) is 1.94.